The van der Waals surface area contributed by atoms with Gasteiger partial charge in [0.05, 0.1) is 7.11 Å². The number of rotatable bonds is 9. The van der Waals surface area contributed by atoms with Crippen molar-refractivity contribution in [2.75, 3.05) is 7.11 Å². The van der Waals surface area contributed by atoms with E-state index in [0.29, 0.717) is 23.4 Å². The van der Waals surface area contributed by atoms with Gasteiger partial charge in [-0.1, -0.05) is 30.9 Å². The van der Waals surface area contributed by atoms with Gasteiger partial charge in [-0.2, -0.15) is 0 Å². The van der Waals surface area contributed by atoms with E-state index in [4.69, 9.17) is 10.5 Å². The van der Waals surface area contributed by atoms with Gasteiger partial charge in [0.1, 0.15) is 5.75 Å². The number of nitrogens with two attached hydrogens (primary N) is 1. The highest BCUT2D eigenvalue weighted by Crippen LogP contribution is 2.21. The fraction of sp³-hybridized carbons (Fsp3) is 0.231. The summed E-state index contributed by atoms with van der Waals surface area (Å²) in [5.74, 6) is 0.410. The van der Waals surface area contributed by atoms with E-state index in [-0.39, 0.29) is 17.9 Å². The van der Waals surface area contributed by atoms with Crippen LogP contribution in [0.3, 0.4) is 0 Å². The van der Waals surface area contributed by atoms with Crippen molar-refractivity contribution in [2.24, 2.45) is 5.73 Å². The van der Waals surface area contributed by atoms with Crippen molar-refractivity contribution in [2.45, 2.75) is 32.4 Å². The summed E-state index contributed by atoms with van der Waals surface area (Å²) >= 11 is 0. The third-order valence-electron chi connectivity index (χ3n) is 5.26. The highest BCUT2D eigenvalue weighted by atomic mass is 16.5. The second-order valence-electron chi connectivity index (χ2n) is 7.76. The molecule has 0 unspecified atom stereocenters. The van der Waals surface area contributed by atoms with Crippen LogP contribution in [-0.4, -0.2) is 25.0 Å². The average Bonchev–Trinajstić information content (AvgIpc) is 3.62. The van der Waals surface area contributed by atoms with Gasteiger partial charge in [-0.15, -0.1) is 0 Å². The Kier molecular flexibility index (Phi) is 7.49. The maximum absolute atomic E-state index is 12.5. The third kappa shape index (κ3) is 6.11. The van der Waals surface area contributed by atoms with Crippen LogP contribution in [0.25, 0.3) is 5.70 Å². The minimum Gasteiger partial charge on any atom is -0.497 e. The number of benzene rings is 2. The Balaban J connectivity index is 1.69. The Morgan fingerprint density at radius 1 is 1.16 bits per heavy atom. The van der Waals surface area contributed by atoms with Gasteiger partial charge in [0.25, 0.3) is 11.8 Å². The van der Waals surface area contributed by atoms with Gasteiger partial charge in [0.2, 0.25) is 0 Å². The quantitative estimate of drug-likeness (QED) is 0.418. The second-order valence-corrected chi connectivity index (χ2v) is 7.76. The van der Waals surface area contributed by atoms with E-state index in [0.717, 1.165) is 35.3 Å². The number of aryl methyl sites for hydroxylation is 1. The maximum Gasteiger partial charge on any atom is 0.251 e. The van der Waals surface area contributed by atoms with Gasteiger partial charge in [-0.25, -0.2) is 0 Å². The van der Waals surface area contributed by atoms with Crippen LogP contribution in [0.4, 0.5) is 0 Å². The molecule has 3 rings (SSSR count). The van der Waals surface area contributed by atoms with E-state index in [1.54, 1.807) is 31.4 Å². The Morgan fingerprint density at radius 3 is 2.50 bits per heavy atom. The van der Waals surface area contributed by atoms with Gasteiger partial charge in [-0.3, -0.25) is 9.59 Å². The molecule has 0 spiro atoms. The van der Waals surface area contributed by atoms with E-state index in [1.165, 1.54) is 6.08 Å². The van der Waals surface area contributed by atoms with Crippen LogP contribution in [0.15, 0.2) is 72.8 Å². The molecule has 6 heteroatoms. The van der Waals surface area contributed by atoms with Crippen LogP contribution in [-0.2, 0) is 11.3 Å². The van der Waals surface area contributed by atoms with Crippen LogP contribution in [0.2, 0.25) is 0 Å². The molecule has 0 bridgehead atoms. The lowest BCUT2D eigenvalue weighted by Gasteiger charge is -2.10. The summed E-state index contributed by atoms with van der Waals surface area (Å²) in [5.41, 5.74) is 10.4. The fourth-order valence-corrected chi connectivity index (χ4v) is 3.10. The van der Waals surface area contributed by atoms with E-state index in [1.807, 2.05) is 37.3 Å². The summed E-state index contributed by atoms with van der Waals surface area (Å²) in [5, 5.41) is 5.85. The molecule has 6 nitrogen and oxygen atoms in total. The lowest BCUT2D eigenvalue weighted by atomic mass is 10.0. The number of allylic oxidation sites excluding steroid dienone is 2. The Bertz CT molecular complexity index is 1060. The van der Waals surface area contributed by atoms with Gasteiger partial charge >= 0.3 is 0 Å². The molecule has 2 aromatic rings. The topological polar surface area (TPSA) is 93.5 Å². The minimum absolute atomic E-state index is 0.0956. The van der Waals surface area contributed by atoms with Gasteiger partial charge < -0.3 is 21.1 Å². The van der Waals surface area contributed by atoms with Crippen molar-refractivity contribution < 1.29 is 14.3 Å². The molecule has 1 saturated carbocycles. The minimum atomic E-state index is -0.255. The van der Waals surface area contributed by atoms with Crippen molar-refractivity contribution in [3.63, 3.8) is 0 Å². The Labute approximate surface area is 188 Å². The first-order chi connectivity index (χ1) is 15.4. The molecular weight excluding hydrogens is 402 g/mol. The van der Waals surface area contributed by atoms with Crippen LogP contribution < -0.4 is 21.1 Å². The second kappa shape index (κ2) is 10.5. The molecule has 0 radical (unpaired) electrons. The molecule has 4 N–H and O–H groups in total. The molecule has 0 saturated heterocycles. The van der Waals surface area contributed by atoms with E-state index in [9.17, 15) is 9.59 Å². The van der Waals surface area contributed by atoms with Crippen LogP contribution in [0.5, 0.6) is 5.75 Å². The molecule has 0 atom stereocenters. The zero-order chi connectivity index (χ0) is 23.1. The Hall–Kier alpha value is -3.80. The largest absolute Gasteiger partial charge is 0.497 e. The number of methoxy groups -OCH3 is 1. The normalized spacial score (nSPS) is 13.9. The van der Waals surface area contributed by atoms with E-state index in [2.05, 4.69) is 17.2 Å². The highest BCUT2D eigenvalue weighted by molar-refractivity contribution is 5.97. The molecule has 1 fully saturated rings. The molecule has 0 aromatic heterocycles. The zero-order valence-electron chi connectivity index (χ0n) is 18.5. The molecule has 0 aliphatic heterocycles. The van der Waals surface area contributed by atoms with Crippen molar-refractivity contribution in [3.05, 3.63) is 95.1 Å². The van der Waals surface area contributed by atoms with Crippen molar-refractivity contribution in [3.8, 4) is 5.75 Å². The van der Waals surface area contributed by atoms with E-state index >= 15 is 0 Å². The third-order valence-corrected chi connectivity index (χ3v) is 5.26. The molecule has 2 aromatic carbocycles. The number of ether oxygens (including phenoxy) is 1. The summed E-state index contributed by atoms with van der Waals surface area (Å²) in [6.45, 7) is 6.04. The number of carbonyl (C=O) groups excluding carboxylic acids is 2. The molecule has 166 valence electrons. The number of carbonyl (C=O) groups is 2. The fourth-order valence-electron chi connectivity index (χ4n) is 3.10. The SMILES string of the molecule is C=C/C(=C\C=C(/N)c1cc(C(=O)NC2CC2)ccc1C)C(=O)NCc1ccc(OC)cc1. The summed E-state index contributed by atoms with van der Waals surface area (Å²) in [6, 6.07) is 13.2. The first kappa shape index (κ1) is 22.9. The van der Waals surface area contributed by atoms with Gasteiger partial charge in [0.15, 0.2) is 0 Å². The van der Waals surface area contributed by atoms with Gasteiger partial charge in [-0.05, 0) is 67.3 Å². The Morgan fingerprint density at radius 2 is 1.88 bits per heavy atom. The molecule has 0 heterocycles. The summed E-state index contributed by atoms with van der Waals surface area (Å²) in [4.78, 5) is 24.9. The smallest absolute Gasteiger partial charge is 0.251 e. The zero-order valence-corrected chi connectivity index (χ0v) is 18.5. The van der Waals surface area contributed by atoms with Crippen molar-refractivity contribution >= 4 is 17.5 Å². The standard InChI is InChI=1S/C26H29N3O3/c1-4-19(25(30)28-16-18-6-12-22(32-3)13-7-18)9-14-24(27)23-15-20(8-5-17(23)2)26(31)29-21-10-11-21/h4-9,12-15,21H,1,10-11,16,27H2,2-3H3,(H,28,30)(H,29,31)/b19-9+,24-14-. The number of nitrogens with one attached hydrogen (secondary N) is 2. The van der Waals surface area contributed by atoms with E-state index < -0.39 is 0 Å². The van der Waals surface area contributed by atoms with Gasteiger partial charge in [0, 0.05) is 35.0 Å². The monoisotopic (exact) mass is 431 g/mol. The highest BCUT2D eigenvalue weighted by Gasteiger charge is 2.24. The van der Waals surface area contributed by atoms with Crippen molar-refractivity contribution in [1.82, 2.24) is 10.6 Å². The molecule has 1 aliphatic rings. The first-order valence-corrected chi connectivity index (χ1v) is 10.5. The van der Waals surface area contributed by atoms with Crippen LogP contribution in [0.1, 0.15) is 39.9 Å². The summed E-state index contributed by atoms with van der Waals surface area (Å²) < 4.78 is 5.14. The summed E-state index contributed by atoms with van der Waals surface area (Å²) in [7, 11) is 1.61. The molecular formula is C26H29N3O3. The summed E-state index contributed by atoms with van der Waals surface area (Å²) in [6.07, 6.45) is 6.83. The predicted octanol–water partition coefficient (Wildman–Crippen LogP) is 3.62. The molecule has 32 heavy (non-hydrogen) atoms. The predicted molar refractivity (Wildman–Crippen MR) is 127 cm³/mol. The van der Waals surface area contributed by atoms with Crippen LogP contribution >= 0.6 is 0 Å². The maximum atomic E-state index is 12.5. The number of hydrogen-bond acceptors (Lipinski definition) is 4. The lowest BCUT2D eigenvalue weighted by molar-refractivity contribution is -0.117. The number of hydrogen-bond donors (Lipinski definition) is 3. The molecule has 1 aliphatic carbocycles. The van der Waals surface area contributed by atoms with Crippen molar-refractivity contribution in [1.29, 1.82) is 0 Å². The lowest BCUT2D eigenvalue weighted by Crippen LogP contribution is -2.25. The first-order valence-electron chi connectivity index (χ1n) is 10.5. The molecule has 2 amide bonds. The average molecular weight is 432 g/mol. The van der Waals surface area contributed by atoms with Crippen LogP contribution in [0, 0.1) is 6.92 Å². The number of amides is 2.